The average Bonchev–Trinajstić information content (AvgIpc) is 3.29. The van der Waals surface area contributed by atoms with E-state index in [1.54, 1.807) is 25.1 Å². The van der Waals surface area contributed by atoms with Crippen LogP contribution in [-0.4, -0.2) is 10.8 Å². The minimum atomic E-state index is -0.430. The number of aryl methyl sites for hydroxylation is 1. The van der Waals surface area contributed by atoms with Crippen LogP contribution in [0.5, 0.6) is 0 Å². The molecule has 2 N–H and O–H groups in total. The van der Waals surface area contributed by atoms with E-state index in [2.05, 4.69) is 34.9 Å². The van der Waals surface area contributed by atoms with Crippen molar-refractivity contribution in [2.24, 2.45) is 5.92 Å². The zero-order valence-corrected chi connectivity index (χ0v) is 18.7. The van der Waals surface area contributed by atoms with E-state index in [0.29, 0.717) is 22.7 Å². The van der Waals surface area contributed by atoms with Crippen LogP contribution < -0.4 is 10.6 Å². The van der Waals surface area contributed by atoms with Crippen LogP contribution in [0.1, 0.15) is 45.4 Å². The molecule has 0 saturated carbocycles. The van der Waals surface area contributed by atoms with Gasteiger partial charge in [0.2, 0.25) is 0 Å². The maximum Gasteiger partial charge on any atom is 0.272 e. The van der Waals surface area contributed by atoms with Gasteiger partial charge in [-0.05, 0) is 72.9 Å². The first-order valence-corrected chi connectivity index (χ1v) is 11.2. The van der Waals surface area contributed by atoms with Gasteiger partial charge in [-0.15, -0.1) is 0 Å². The summed E-state index contributed by atoms with van der Waals surface area (Å²) < 4.78 is 0. The topological polar surface area (TPSA) is 84.3 Å². The molecule has 3 aromatic rings. The molecule has 0 fully saturated rings. The summed E-state index contributed by atoms with van der Waals surface area (Å²) in [6, 6.07) is 18.4. The van der Waals surface area contributed by atoms with Crippen molar-refractivity contribution in [2.45, 2.75) is 25.3 Å². The van der Waals surface area contributed by atoms with Gasteiger partial charge in [0, 0.05) is 39.5 Å². The number of nitro benzene ring substituents is 1. The van der Waals surface area contributed by atoms with E-state index in [4.69, 9.17) is 11.6 Å². The Hall–Kier alpha value is -3.64. The van der Waals surface area contributed by atoms with Crippen molar-refractivity contribution in [1.29, 1.82) is 0 Å². The highest BCUT2D eigenvalue weighted by molar-refractivity contribution is 6.30. The normalized spacial score (nSPS) is 20.5. The molecule has 1 heterocycles. The Morgan fingerprint density at radius 3 is 2.64 bits per heavy atom. The highest BCUT2D eigenvalue weighted by Gasteiger charge is 2.38. The molecule has 0 spiro atoms. The Balaban J connectivity index is 1.41. The molecule has 2 aliphatic rings. The molecular formula is C26H22ClN3O3. The SMILES string of the molecule is Cc1cc(NC(=O)c2ccc3c(c2)C2C=CCC2C(c2ccc(Cl)cc2)N3)ccc1[N+](=O)[O-]. The molecule has 3 atom stereocenters. The second-order valence-electron chi connectivity index (χ2n) is 8.54. The Kier molecular flexibility index (Phi) is 5.38. The third-order valence-electron chi connectivity index (χ3n) is 6.51. The zero-order chi connectivity index (χ0) is 23.1. The standard InChI is InChI=1S/C26H22ClN3O3/c1-15-13-19(10-12-24(15)30(32)33)28-26(31)17-7-11-23-22(14-17)20-3-2-4-21(20)25(29-23)16-5-8-18(27)9-6-16/h2-3,5-14,20-21,25,29H,4H2,1H3,(H,28,31). The number of hydrogen-bond acceptors (Lipinski definition) is 4. The summed E-state index contributed by atoms with van der Waals surface area (Å²) in [6.07, 6.45) is 5.40. The van der Waals surface area contributed by atoms with Crippen molar-refractivity contribution in [3.63, 3.8) is 0 Å². The van der Waals surface area contributed by atoms with Crippen molar-refractivity contribution in [1.82, 2.24) is 0 Å². The molecule has 3 unspecified atom stereocenters. The predicted octanol–water partition coefficient (Wildman–Crippen LogP) is 6.64. The van der Waals surface area contributed by atoms with Gasteiger partial charge in [-0.3, -0.25) is 14.9 Å². The number of nitrogens with zero attached hydrogens (tertiary/aromatic N) is 1. The fourth-order valence-electron chi connectivity index (χ4n) is 4.88. The average molecular weight is 460 g/mol. The van der Waals surface area contributed by atoms with Crippen molar-refractivity contribution in [3.05, 3.63) is 110 Å². The summed E-state index contributed by atoms with van der Waals surface area (Å²) in [5.41, 5.74) is 4.92. The van der Waals surface area contributed by atoms with Crippen LogP contribution in [-0.2, 0) is 0 Å². The molecule has 0 saturated heterocycles. The Labute approximate surface area is 196 Å². The third kappa shape index (κ3) is 3.98. The van der Waals surface area contributed by atoms with Crippen LogP contribution in [0.25, 0.3) is 0 Å². The number of rotatable bonds is 4. The lowest BCUT2D eigenvalue weighted by molar-refractivity contribution is -0.385. The number of carbonyl (C=O) groups is 1. The number of hydrogen-bond donors (Lipinski definition) is 2. The number of halogens is 1. The van der Waals surface area contributed by atoms with E-state index in [1.165, 1.54) is 11.6 Å². The summed E-state index contributed by atoms with van der Waals surface area (Å²) in [6.45, 7) is 1.65. The molecule has 1 aliphatic carbocycles. The number of allylic oxidation sites excluding steroid dienone is 2. The molecule has 5 rings (SSSR count). The molecule has 33 heavy (non-hydrogen) atoms. The van der Waals surface area contributed by atoms with Crippen molar-refractivity contribution < 1.29 is 9.72 Å². The minimum absolute atomic E-state index is 0.0298. The van der Waals surface area contributed by atoms with Crippen molar-refractivity contribution in [2.75, 3.05) is 10.6 Å². The fourth-order valence-corrected chi connectivity index (χ4v) is 5.00. The van der Waals surface area contributed by atoms with Crippen LogP contribution in [0.3, 0.4) is 0 Å². The summed E-state index contributed by atoms with van der Waals surface area (Å²) >= 11 is 6.08. The lowest BCUT2D eigenvalue weighted by Crippen LogP contribution is -2.29. The minimum Gasteiger partial charge on any atom is -0.378 e. The van der Waals surface area contributed by atoms with Gasteiger partial charge < -0.3 is 10.6 Å². The zero-order valence-electron chi connectivity index (χ0n) is 17.9. The first-order valence-electron chi connectivity index (χ1n) is 10.8. The summed E-state index contributed by atoms with van der Waals surface area (Å²) in [7, 11) is 0. The smallest absolute Gasteiger partial charge is 0.272 e. The van der Waals surface area contributed by atoms with E-state index in [-0.39, 0.29) is 23.6 Å². The molecular weight excluding hydrogens is 438 g/mol. The van der Waals surface area contributed by atoms with Gasteiger partial charge in [0.05, 0.1) is 11.0 Å². The second-order valence-corrected chi connectivity index (χ2v) is 8.98. The number of carbonyl (C=O) groups excluding carboxylic acids is 1. The number of nitro groups is 1. The number of benzene rings is 3. The van der Waals surface area contributed by atoms with Crippen molar-refractivity contribution >= 4 is 34.6 Å². The highest BCUT2D eigenvalue weighted by Crippen LogP contribution is 2.50. The van der Waals surface area contributed by atoms with Crippen LogP contribution in [0.2, 0.25) is 5.02 Å². The highest BCUT2D eigenvalue weighted by atomic mass is 35.5. The number of anilines is 2. The molecule has 0 aromatic heterocycles. The number of nitrogens with one attached hydrogen (secondary N) is 2. The molecule has 166 valence electrons. The Morgan fingerprint density at radius 2 is 1.91 bits per heavy atom. The lowest BCUT2D eigenvalue weighted by atomic mass is 9.76. The monoisotopic (exact) mass is 459 g/mol. The first-order chi connectivity index (χ1) is 15.9. The van der Waals surface area contributed by atoms with E-state index < -0.39 is 4.92 Å². The molecule has 0 bridgehead atoms. The first kappa shape index (κ1) is 21.2. The Bertz CT molecular complexity index is 1290. The summed E-state index contributed by atoms with van der Waals surface area (Å²) in [5.74, 6) is 0.329. The molecule has 6 nitrogen and oxygen atoms in total. The van der Waals surface area contributed by atoms with E-state index in [0.717, 1.165) is 22.7 Å². The van der Waals surface area contributed by atoms with Crippen LogP contribution in [0.4, 0.5) is 17.1 Å². The summed E-state index contributed by atoms with van der Waals surface area (Å²) in [4.78, 5) is 23.5. The van der Waals surface area contributed by atoms with Gasteiger partial charge in [-0.25, -0.2) is 0 Å². The molecule has 0 radical (unpaired) electrons. The quantitative estimate of drug-likeness (QED) is 0.260. The van der Waals surface area contributed by atoms with Gasteiger partial charge in [0.15, 0.2) is 0 Å². The van der Waals surface area contributed by atoms with Crippen LogP contribution >= 0.6 is 11.6 Å². The van der Waals surface area contributed by atoms with Gasteiger partial charge in [0.1, 0.15) is 0 Å². The van der Waals surface area contributed by atoms with Gasteiger partial charge in [0.25, 0.3) is 11.6 Å². The third-order valence-corrected chi connectivity index (χ3v) is 6.76. The van der Waals surface area contributed by atoms with Gasteiger partial charge in [-0.2, -0.15) is 0 Å². The molecule has 1 amide bonds. The second kappa shape index (κ2) is 8.37. The van der Waals surface area contributed by atoms with E-state index in [1.807, 2.05) is 24.3 Å². The largest absolute Gasteiger partial charge is 0.378 e. The number of fused-ring (bicyclic) bond motifs is 3. The fraction of sp³-hybridized carbons (Fsp3) is 0.192. The van der Waals surface area contributed by atoms with Crippen LogP contribution in [0, 0.1) is 23.0 Å². The predicted molar refractivity (Wildman–Crippen MR) is 130 cm³/mol. The van der Waals surface area contributed by atoms with E-state index in [9.17, 15) is 14.9 Å². The van der Waals surface area contributed by atoms with E-state index >= 15 is 0 Å². The van der Waals surface area contributed by atoms with Crippen LogP contribution in [0.15, 0.2) is 72.8 Å². The van der Waals surface area contributed by atoms with Gasteiger partial charge in [-0.1, -0.05) is 35.9 Å². The van der Waals surface area contributed by atoms with Gasteiger partial charge >= 0.3 is 0 Å². The number of amides is 1. The molecule has 3 aromatic carbocycles. The maximum atomic E-state index is 12.9. The molecule has 7 heteroatoms. The van der Waals surface area contributed by atoms with Crippen molar-refractivity contribution in [3.8, 4) is 0 Å². The molecule has 1 aliphatic heterocycles. The lowest BCUT2D eigenvalue weighted by Gasteiger charge is -2.37. The Morgan fingerprint density at radius 1 is 1.12 bits per heavy atom. The summed E-state index contributed by atoms with van der Waals surface area (Å²) in [5, 5.41) is 18.3. The maximum absolute atomic E-state index is 12.9.